The van der Waals surface area contributed by atoms with Gasteiger partial charge in [-0.2, -0.15) is 0 Å². The Morgan fingerprint density at radius 2 is 2.00 bits per heavy atom. The molecule has 1 fully saturated rings. The summed E-state index contributed by atoms with van der Waals surface area (Å²) >= 11 is 3.60. The number of hydrogen-bond acceptors (Lipinski definition) is 2. The van der Waals surface area contributed by atoms with Gasteiger partial charge in [-0.1, -0.05) is 0 Å². The second-order valence-electron chi connectivity index (χ2n) is 2.14. The highest BCUT2D eigenvalue weighted by Gasteiger charge is 2.08. The summed E-state index contributed by atoms with van der Waals surface area (Å²) in [4.78, 5) is 0. The third kappa shape index (κ3) is 2.95. The van der Waals surface area contributed by atoms with Gasteiger partial charge in [0.2, 0.25) is 0 Å². The van der Waals surface area contributed by atoms with Crippen LogP contribution in [0.2, 0.25) is 0 Å². The normalized spacial score (nSPS) is 25.0. The summed E-state index contributed by atoms with van der Waals surface area (Å²) < 4.78 is 7.83. The smallest absolute Gasteiger partial charge is 0.102 e. The van der Waals surface area contributed by atoms with Gasteiger partial charge in [-0.25, -0.2) is 0 Å². The summed E-state index contributed by atoms with van der Waals surface area (Å²) in [7, 11) is 0.376. The maximum atomic E-state index is 5.23. The molecule has 0 amide bonds. The van der Waals surface area contributed by atoms with Crippen molar-refractivity contribution < 1.29 is 4.74 Å². The molecule has 1 aliphatic heterocycles. The second-order valence-corrected chi connectivity index (χ2v) is 13.5. The monoisotopic (exact) mass is 225 g/mol. The van der Waals surface area contributed by atoms with Crippen molar-refractivity contribution >= 4 is 32.1 Å². The van der Waals surface area contributed by atoms with Gasteiger partial charge in [0.05, 0.1) is 22.4 Å². The molecule has 5 heteroatoms. The molecule has 0 aromatic carbocycles. The lowest BCUT2D eigenvalue weighted by atomic mass is 10.5. The molecule has 0 bridgehead atoms. The zero-order chi connectivity index (χ0) is 6.53. The number of morpholine rings is 1. The van der Waals surface area contributed by atoms with Crippen LogP contribution in [0.3, 0.4) is 0 Å². The molecule has 1 saturated heterocycles. The molecule has 0 spiro atoms. The summed E-state index contributed by atoms with van der Waals surface area (Å²) in [6, 6.07) is 0. The Balaban J connectivity index is 2.08. The fourth-order valence-corrected chi connectivity index (χ4v) is 8.46. The van der Waals surface area contributed by atoms with Crippen LogP contribution in [0.1, 0.15) is 0 Å². The van der Waals surface area contributed by atoms with E-state index in [1.165, 1.54) is 13.1 Å². The zero-order valence-corrected chi connectivity index (χ0v) is 9.89. The molecule has 0 saturated carbocycles. The average molecular weight is 226 g/mol. The first-order valence-electron chi connectivity index (χ1n) is 3.29. The van der Waals surface area contributed by atoms with Gasteiger partial charge in [0.1, 0.15) is 7.66 Å². The van der Waals surface area contributed by atoms with Crippen LogP contribution >= 0.6 is 15.3 Å². The van der Waals surface area contributed by atoms with Crippen LogP contribution in [-0.2, 0) is 4.74 Å². The van der Waals surface area contributed by atoms with E-state index in [1.807, 2.05) is 0 Å². The van der Waals surface area contributed by atoms with Gasteiger partial charge in [-0.3, -0.25) is 0 Å². The molecule has 1 rings (SSSR count). The Bertz CT molecular complexity index is 76.2. The van der Waals surface area contributed by atoms with Crippen LogP contribution in [0, 0.1) is 0 Å². The van der Waals surface area contributed by atoms with Crippen molar-refractivity contribution in [2.75, 3.05) is 26.3 Å². The minimum Gasteiger partial charge on any atom is -0.379 e. The minimum absolute atomic E-state index is 0.185. The largest absolute Gasteiger partial charge is 0.379 e. The summed E-state index contributed by atoms with van der Waals surface area (Å²) in [5.41, 5.74) is 0. The topological polar surface area (TPSA) is 12.5 Å². The van der Waals surface area contributed by atoms with E-state index in [9.17, 15) is 0 Å². The molecule has 9 heavy (non-hydrogen) atoms. The third-order valence-electron chi connectivity index (χ3n) is 1.50. The zero-order valence-electron chi connectivity index (χ0n) is 5.48. The van der Waals surface area contributed by atoms with E-state index in [0.29, 0.717) is 0 Å². The van der Waals surface area contributed by atoms with Gasteiger partial charge in [0.25, 0.3) is 0 Å². The van der Waals surface area contributed by atoms with Crippen molar-refractivity contribution in [3.05, 3.63) is 0 Å². The quantitative estimate of drug-likeness (QED) is 0.433. The van der Waals surface area contributed by atoms with E-state index in [-0.39, 0.29) is 16.9 Å². The highest BCUT2D eigenvalue weighted by molar-refractivity contribution is 9.24. The van der Waals surface area contributed by atoms with Crippen LogP contribution in [-0.4, -0.2) is 47.7 Å². The number of nitrogens with zero attached hydrogens (tertiary/aromatic N) is 1. The van der Waals surface area contributed by atoms with E-state index in [1.54, 1.807) is 0 Å². The standard InChI is InChI=1S/C4H12BrNOSi2/c5-8-9-6-1-3-7-4-2-6/h1-4,8-9H2. The first-order chi connectivity index (χ1) is 4.43. The van der Waals surface area contributed by atoms with Crippen molar-refractivity contribution in [2.45, 2.75) is 0 Å². The van der Waals surface area contributed by atoms with Crippen LogP contribution < -0.4 is 0 Å². The molecule has 54 valence electrons. The van der Waals surface area contributed by atoms with Crippen molar-refractivity contribution in [1.29, 1.82) is 0 Å². The molecule has 0 N–H and O–H groups in total. The molecule has 0 radical (unpaired) electrons. The van der Waals surface area contributed by atoms with Gasteiger partial charge in [-0.05, 0) is 0 Å². The Hall–Kier alpha value is 0.834. The Labute approximate surface area is 68.0 Å². The van der Waals surface area contributed by atoms with Crippen LogP contribution in [0.5, 0.6) is 0 Å². The number of rotatable bonds is 2. The predicted octanol–water partition coefficient (Wildman–Crippen LogP) is -1.20. The highest BCUT2D eigenvalue weighted by Crippen LogP contribution is 1.93. The molecule has 1 aliphatic rings. The van der Waals surface area contributed by atoms with Crippen molar-refractivity contribution in [2.24, 2.45) is 0 Å². The van der Waals surface area contributed by atoms with Crippen molar-refractivity contribution in [1.82, 2.24) is 4.57 Å². The van der Waals surface area contributed by atoms with Gasteiger partial charge < -0.3 is 9.30 Å². The first kappa shape index (κ1) is 7.94. The fraction of sp³-hybridized carbons (Fsp3) is 1.00. The Morgan fingerprint density at radius 3 is 2.56 bits per heavy atom. The van der Waals surface area contributed by atoms with Crippen molar-refractivity contribution in [3.8, 4) is 0 Å². The molecule has 2 nitrogen and oxygen atoms in total. The second kappa shape index (κ2) is 4.62. The maximum absolute atomic E-state index is 5.23. The molecule has 0 aliphatic carbocycles. The van der Waals surface area contributed by atoms with Gasteiger partial charge in [0, 0.05) is 13.1 Å². The van der Waals surface area contributed by atoms with E-state index < -0.39 is 0 Å². The van der Waals surface area contributed by atoms with Gasteiger partial charge in [0.15, 0.2) is 0 Å². The summed E-state index contributed by atoms with van der Waals surface area (Å²) in [6.45, 7) is 4.33. The molecule has 0 aromatic rings. The van der Waals surface area contributed by atoms with Crippen LogP contribution in [0.4, 0.5) is 0 Å². The SMILES string of the molecule is Br[SiH2][SiH2]N1CCOCC1. The Kier molecular flexibility index (Phi) is 4.07. The van der Waals surface area contributed by atoms with E-state index in [0.717, 1.165) is 13.2 Å². The summed E-state index contributed by atoms with van der Waals surface area (Å²) in [5, 5.41) is 0. The predicted molar refractivity (Wildman–Crippen MR) is 48.4 cm³/mol. The van der Waals surface area contributed by atoms with Crippen LogP contribution in [0.25, 0.3) is 0 Å². The lowest BCUT2D eigenvalue weighted by Crippen LogP contribution is -2.40. The minimum atomic E-state index is 0.185. The number of halogens is 1. The maximum Gasteiger partial charge on any atom is 0.102 e. The lowest BCUT2D eigenvalue weighted by molar-refractivity contribution is 0.0734. The van der Waals surface area contributed by atoms with E-state index in [4.69, 9.17) is 4.74 Å². The molecule has 0 atom stereocenters. The van der Waals surface area contributed by atoms with Crippen LogP contribution in [0.15, 0.2) is 0 Å². The number of hydrogen-bond donors (Lipinski definition) is 0. The van der Waals surface area contributed by atoms with E-state index >= 15 is 0 Å². The molecule has 0 aromatic heterocycles. The fourth-order valence-electron chi connectivity index (χ4n) is 0.944. The molecule has 0 unspecified atom stereocenters. The van der Waals surface area contributed by atoms with E-state index in [2.05, 4.69) is 19.9 Å². The summed E-state index contributed by atoms with van der Waals surface area (Å²) in [5.74, 6) is 0. The highest BCUT2D eigenvalue weighted by atomic mass is 79.9. The van der Waals surface area contributed by atoms with Gasteiger partial charge in [-0.15, -0.1) is 15.3 Å². The third-order valence-corrected chi connectivity index (χ3v) is 8.53. The van der Waals surface area contributed by atoms with Crippen molar-refractivity contribution in [3.63, 3.8) is 0 Å². The molecular weight excluding hydrogens is 214 g/mol. The first-order valence-corrected chi connectivity index (χ1v) is 11.8. The molecule has 1 heterocycles. The molecular formula is C4H12BrNOSi2. The number of ether oxygens (including phenoxy) is 1. The Morgan fingerprint density at radius 1 is 1.33 bits per heavy atom. The summed E-state index contributed by atoms with van der Waals surface area (Å²) in [6.07, 6.45) is 0. The lowest BCUT2D eigenvalue weighted by Gasteiger charge is -2.25. The van der Waals surface area contributed by atoms with Gasteiger partial charge >= 0.3 is 0 Å². The average Bonchev–Trinajstić information content (AvgIpc) is 1.91.